The van der Waals surface area contributed by atoms with Gasteiger partial charge in [0, 0.05) is 4.88 Å². The number of benzene rings is 2. The van der Waals surface area contributed by atoms with E-state index < -0.39 is 0 Å². The van der Waals surface area contributed by atoms with Crippen molar-refractivity contribution in [2.24, 2.45) is 0 Å². The number of nitrogens with one attached hydrogen (secondary N) is 1. The molecule has 2 heterocycles. The summed E-state index contributed by atoms with van der Waals surface area (Å²) in [7, 11) is 0. The van der Waals surface area contributed by atoms with E-state index in [1.807, 2.05) is 36.6 Å². The van der Waals surface area contributed by atoms with Gasteiger partial charge in [-0.25, -0.2) is 4.98 Å². The van der Waals surface area contributed by atoms with E-state index in [1.54, 1.807) is 17.4 Å². The molecule has 1 aliphatic rings. The average molecular weight is 444 g/mol. The van der Waals surface area contributed by atoms with Crippen LogP contribution in [0, 0.1) is 6.92 Å². The number of fused-ring (bicyclic) bond motifs is 2. The molecule has 0 unspecified atom stereocenters. The van der Waals surface area contributed by atoms with Crippen LogP contribution >= 0.6 is 11.3 Å². The highest BCUT2D eigenvalue weighted by molar-refractivity contribution is 7.10. The summed E-state index contributed by atoms with van der Waals surface area (Å²) < 4.78 is 1.38. The summed E-state index contributed by atoms with van der Waals surface area (Å²) in [6.07, 6.45) is 6.14. The molecule has 2 aromatic heterocycles. The van der Waals surface area contributed by atoms with Gasteiger partial charge >= 0.3 is 0 Å². The van der Waals surface area contributed by atoms with Crippen molar-refractivity contribution in [3.8, 4) is 0 Å². The van der Waals surface area contributed by atoms with Crippen LogP contribution in [0.3, 0.4) is 0 Å². The third-order valence-electron chi connectivity index (χ3n) is 6.21. The first-order valence-electron chi connectivity index (χ1n) is 11.0. The summed E-state index contributed by atoms with van der Waals surface area (Å²) in [5.41, 5.74) is 5.31. The van der Waals surface area contributed by atoms with Gasteiger partial charge in [-0.1, -0.05) is 36.4 Å². The number of hydrogen-bond donors (Lipinski definition) is 1. The minimum absolute atomic E-state index is 0.0669. The number of carbonyl (C=O) groups excluding carboxylic acids is 1. The zero-order chi connectivity index (χ0) is 22.1. The van der Waals surface area contributed by atoms with Crippen molar-refractivity contribution >= 4 is 28.1 Å². The van der Waals surface area contributed by atoms with Crippen molar-refractivity contribution in [2.75, 3.05) is 0 Å². The van der Waals surface area contributed by atoms with Crippen LogP contribution in [-0.4, -0.2) is 15.5 Å². The fraction of sp³-hybridized carbons (Fsp3) is 0.269. The molecule has 162 valence electrons. The number of carbonyl (C=O) groups is 1. The number of nitrogens with zero attached hydrogens (tertiary/aromatic N) is 2. The summed E-state index contributed by atoms with van der Waals surface area (Å²) in [5, 5.41) is 5.71. The topological polar surface area (TPSA) is 64.0 Å². The number of para-hydroxylation sites is 1. The Morgan fingerprint density at radius 3 is 2.78 bits per heavy atom. The van der Waals surface area contributed by atoms with Crippen LogP contribution in [0.15, 0.2) is 65.0 Å². The largest absolute Gasteiger partial charge is 0.343 e. The van der Waals surface area contributed by atoms with Crippen LogP contribution in [-0.2, 0) is 24.2 Å². The first kappa shape index (κ1) is 20.6. The molecule has 0 aliphatic heterocycles. The standard InChI is InChI=1S/C26H25N3O2S/c1-17-6-4-9-21-24(17)27-16-29(26(21)31)15-23(30)28-25(22-10-5-13-32-22)20-12-11-18-7-2-3-8-19(18)14-20/h4-6,9-14,16,25H,2-3,7-8,15H2,1H3,(H,28,30)/t25-/m0/s1. The Morgan fingerprint density at radius 2 is 1.97 bits per heavy atom. The molecule has 6 heteroatoms. The van der Waals surface area contributed by atoms with Gasteiger partial charge in [-0.2, -0.15) is 0 Å². The Morgan fingerprint density at radius 1 is 1.12 bits per heavy atom. The van der Waals surface area contributed by atoms with E-state index in [9.17, 15) is 9.59 Å². The van der Waals surface area contributed by atoms with Gasteiger partial charge in [0.15, 0.2) is 0 Å². The number of rotatable bonds is 5. The van der Waals surface area contributed by atoms with Gasteiger partial charge in [0.05, 0.1) is 23.3 Å². The second-order valence-electron chi connectivity index (χ2n) is 8.40. The average Bonchev–Trinajstić information content (AvgIpc) is 3.34. The summed E-state index contributed by atoms with van der Waals surface area (Å²) in [6.45, 7) is 1.86. The SMILES string of the molecule is Cc1cccc2c(=O)n(CC(=O)N[C@@H](c3ccc4c(c3)CCCC4)c3cccs3)cnc12. The molecule has 5 rings (SSSR count). The van der Waals surface area contributed by atoms with Crippen molar-refractivity contribution in [3.63, 3.8) is 0 Å². The maximum atomic E-state index is 13.0. The predicted octanol–water partition coefficient (Wildman–Crippen LogP) is 4.55. The van der Waals surface area contributed by atoms with Gasteiger partial charge in [0.1, 0.15) is 6.54 Å². The van der Waals surface area contributed by atoms with Crippen molar-refractivity contribution < 1.29 is 4.79 Å². The van der Waals surface area contributed by atoms with Crippen LogP contribution in [0.25, 0.3) is 10.9 Å². The fourth-order valence-corrected chi connectivity index (χ4v) is 5.32. The second kappa shape index (κ2) is 8.71. The normalized spacial score (nSPS) is 14.2. The molecule has 32 heavy (non-hydrogen) atoms. The third-order valence-corrected chi connectivity index (χ3v) is 7.15. The van der Waals surface area contributed by atoms with Crippen LogP contribution in [0.2, 0.25) is 0 Å². The van der Waals surface area contributed by atoms with Crippen molar-refractivity contribution in [1.82, 2.24) is 14.9 Å². The van der Waals surface area contributed by atoms with Crippen molar-refractivity contribution in [1.29, 1.82) is 0 Å². The van der Waals surface area contributed by atoms with Gasteiger partial charge < -0.3 is 5.32 Å². The summed E-state index contributed by atoms with van der Waals surface area (Å²) in [5.74, 6) is -0.211. The quantitative estimate of drug-likeness (QED) is 0.492. The summed E-state index contributed by atoms with van der Waals surface area (Å²) >= 11 is 1.62. The molecule has 1 atom stereocenters. The van der Waals surface area contributed by atoms with Gasteiger partial charge in [-0.15, -0.1) is 11.3 Å². The molecule has 0 spiro atoms. The molecule has 0 fully saturated rings. The van der Waals surface area contributed by atoms with E-state index in [-0.39, 0.29) is 24.1 Å². The molecule has 0 radical (unpaired) electrons. The third kappa shape index (κ3) is 3.98. The number of thiophene rings is 1. The Hall–Kier alpha value is -3.25. The minimum Gasteiger partial charge on any atom is -0.343 e. The first-order chi connectivity index (χ1) is 15.6. The number of hydrogen-bond acceptors (Lipinski definition) is 4. The second-order valence-corrected chi connectivity index (χ2v) is 9.38. The monoisotopic (exact) mass is 443 g/mol. The maximum absolute atomic E-state index is 13.0. The molecule has 0 saturated heterocycles. The molecule has 1 N–H and O–H groups in total. The van der Waals surface area contributed by atoms with Gasteiger partial charge in [-0.05, 0) is 72.4 Å². The minimum atomic E-state index is -0.235. The van der Waals surface area contributed by atoms with Crippen LogP contribution in [0.1, 0.15) is 46.0 Å². The Bertz CT molecular complexity index is 1340. The van der Waals surface area contributed by atoms with Crippen LogP contribution in [0.4, 0.5) is 0 Å². The Kier molecular flexibility index (Phi) is 5.62. The van der Waals surface area contributed by atoms with Gasteiger partial charge in [0.2, 0.25) is 5.91 Å². The molecule has 1 aliphatic carbocycles. The van der Waals surface area contributed by atoms with E-state index in [0.29, 0.717) is 10.9 Å². The van der Waals surface area contributed by atoms with E-state index in [0.717, 1.165) is 28.8 Å². The molecule has 4 aromatic rings. The lowest BCUT2D eigenvalue weighted by Crippen LogP contribution is -2.35. The zero-order valence-corrected chi connectivity index (χ0v) is 18.8. The highest BCUT2D eigenvalue weighted by atomic mass is 32.1. The van der Waals surface area contributed by atoms with Crippen molar-refractivity contribution in [3.05, 3.63) is 97.7 Å². The fourth-order valence-electron chi connectivity index (χ4n) is 4.52. The number of amides is 1. The lowest BCUT2D eigenvalue weighted by atomic mass is 9.89. The first-order valence-corrected chi connectivity index (χ1v) is 11.9. The molecular weight excluding hydrogens is 418 g/mol. The molecule has 2 aromatic carbocycles. The molecule has 0 bridgehead atoms. The smallest absolute Gasteiger partial charge is 0.261 e. The molecule has 1 amide bonds. The molecule has 0 saturated carbocycles. The molecule has 5 nitrogen and oxygen atoms in total. The van der Waals surface area contributed by atoms with Gasteiger partial charge in [-0.3, -0.25) is 14.2 Å². The van der Waals surface area contributed by atoms with Gasteiger partial charge in [0.25, 0.3) is 5.56 Å². The highest BCUT2D eigenvalue weighted by Gasteiger charge is 2.21. The lowest BCUT2D eigenvalue weighted by Gasteiger charge is -2.22. The van der Waals surface area contributed by atoms with E-state index in [2.05, 4.69) is 28.5 Å². The Labute approximate surface area is 190 Å². The molecular formula is C26H25N3O2S. The maximum Gasteiger partial charge on any atom is 0.261 e. The number of aryl methyl sites for hydroxylation is 3. The summed E-state index contributed by atoms with van der Waals surface area (Å²) in [4.78, 5) is 31.4. The van der Waals surface area contributed by atoms with Crippen LogP contribution in [0.5, 0.6) is 0 Å². The van der Waals surface area contributed by atoms with E-state index >= 15 is 0 Å². The predicted molar refractivity (Wildman–Crippen MR) is 128 cm³/mol. The summed E-state index contributed by atoms with van der Waals surface area (Å²) in [6, 6.07) is 15.9. The number of aromatic nitrogens is 2. The van der Waals surface area contributed by atoms with Crippen LogP contribution < -0.4 is 10.9 Å². The Balaban J connectivity index is 1.42. The van der Waals surface area contributed by atoms with E-state index in [1.165, 1.54) is 34.9 Å². The van der Waals surface area contributed by atoms with E-state index in [4.69, 9.17) is 0 Å². The van der Waals surface area contributed by atoms with Crippen molar-refractivity contribution in [2.45, 2.75) is 45.2 Å². The zero-order valence-electron chi connectivity index (χ0n) is 18.0. The lowest BCUT2D eigenvalue weighted by molar-refractivity contribution is -0.122. The highest BCUT2D eigenvalue weighted by Crippen LogP contribution is 2.30.